The van der Waals surface area contributed by atoms with Crippen LogP contribution in [0.1, 0.15) is 21.6 Å². The number of hydrogen-bond donors (Lipinski definition) is 1. The van der Waals surface area contributed by atoms with Gasteiger partial charge in [0.25, 0.3) is 0 Å². The molecule has 1 amide bonds. The molecule has 1 atom stereocenters. The second kappa shape index (κ2) is 7.23. The van der Waals surface area contributed by atoms with Gasteiger partial charge in [0.1, 0.15) is 0 Å². The highest BCUT2D eigenvalue weighted by Gasteiger charge is 2.11. The lowest BCUT2D eigenvalue weighted by Gasteiger charge is -2.02. The molecule has 0 aliphatic rings. The van der Waals surface area contributed by atoms with Crippen molar-refractivity contribution < 1.29 is 13.5 Å². The van der Waals surface area contributed by atoms with Crippen LogP contribution in [-0.4, -0.2) is 15.3 Å². The fourth-order valence-corrected chi connectivity index (χ4v) is 3.45. The molecule has 0 saturated carbocycles. The van der Waals surface area contributed by atoms with Gasteiger partial charge in [-0.2, -0.15) is 0 Å². The molecule has 6 heteroatoms. The minimum atomic E-state index is -1.16. The van der Waals surface area contributed by atoms with Crippen molar-refractivity contribution in [2.24, 2.45) is 5.73 Å². The van der Waals surface area contributed by atoms with Crippen molar-refractivity contribution in [1.82, 2.24) is 5.16 Å². The topological polar surface area (TPSA) is 86.2 Å². The number of amides is 1. The fraction of sp³-hybridized carbons (Fsp3) is 0.111. The Labute approximate surface area is 141 Å². The van der Waals surface area contributed by atoms with E-state index in [0.29, 0.717) is 22.8 Å². The van der Waals surface area contributed by atoms with Crippen LogP contribution in [0.25, 0.3) is 11.3 Å². The van der Waals surface area contributed by atoms with Gasteiger partial charge >= 0.3 is 0 Å². The van der Waals surface area contributed by atoms with Gasteiger partial charge in [0.15, 0.2) is 5.76 Å². The highest BCUT2D eigenvalue weighted by Crippen LogP contribution is 2.20. The van der Waals surface area contributed by atoms with Crippen molar-refractivity contribution in [2.75, 3.05) is 0 Å². The molecule has 3 aromatic rings. The van der Waals surface area contributed by atoms with Crippen molar-refractivity contribution in [2.45, 2.75) is 11.5 Å². The molecule has 0 saturated heterocycles. The van der Waals surface area contributed by atoms with Crippen LogP contribution in [0.3, 0.4) is 0 Å². The van der Waals surface area contributed by atoms with E-state index in [9.17, 15) is 9.00 Å². The molecule has 5 nitrogen and oxygen atoms in total. The van der Waals surface area contributed by atoms with E-state index in [0.717, 1.165) is 11.1 Å². The molecule has 0 aliphatic heterocycles. The number of aromatic nitrogens is 1. The Morgan fingerprint density at radius 2 is 1.83 bits per heavy atom. The van der Waals surface area contributed by atoms with Gasteiger partial charge in [0, 0.05) is 33.7 Å². The summed E-state index contributed by atoms with van der Waals surface area (Å²) >= 11 is 0. The SMILES string of the molecule is NC(=O)c1cccc(C[S@](=O)Cc2cc(-c3ccccc3)on2)c1. The maximum absolute atomic E-state index is 12.3. The number of nitrogens with two attached hydrogens (primary N) is 1. The molecular formula is C18H16N2O3S. The lowest BCUT2D eigenvalue weighted by molar-refractivity contribution is 0.1000. The third-order valence-electron chi connectivity index (χ3n) is 3.47. The molecule has 24 heavy (non-hydrogen) atoms. The van der Waals surface area contributed by atoms with E-state index >= 15 is 0 Å². The summed E-state index contributed by atoms with van der Waals surface area (Å²) in [5, 5.41) is 3.98. The number of nitrogens with zero attached hydrogens (tertiary/aromatic N) is 1. The summed E-state index contributed by atoms with van der Waals surface area (Å²) in [5.74, 6) is 0.774. The number of carbonyl (C=O) groups excluding carboxylic acids is 1. The number of primary amides is 1. The Kier molecular flexibility index (Phi) is 4.86. The van der Waals surface area contributed by atoms with E-state index in [1.807, 2.05) is 36.4 Å². The van der Waals surface area contributed by atoms with Crippen LogP contribution in [0.15, 0.2) is 65.2 Å². The summed E-state index contributed by atoms with van der Waals surface area (Å²) in [5.41, 5.74) is 8.04. The smallest absolute Gasteiger partial charge is 0.248 e. The van der Waals surface area contributed by atoms with Crippen molar-refractivity contribution in [3.8, 4) is 11.3 Å². The largest absolute Gasteiger partial charge is 0.366 e. The Bertz CT molecular complexity index is 875. The average Bonchev–Trinajstić information content (AvgIpc) is 3.04. The van der Waals surface area contributed by atoms with E-state index in [2.05, 4.69) is 5.16 Å². The summed E-state index contributed by atoms with van der Waals surface area (Å²) in [7, 11) is -1.16. The molecule has 0 unspecified atom stereocenters. The molecule has 3 rings (SSSR count). The Balaban J connectivity index is 1.66. The fourth-order valence-electron chi connectivity index (χ4n) is 2.33. The molecule has 0 radical (unpaired) electrons. The third-order valence-corrected chi connectivity index (χ3v) is 4.74. The zero-order valence-corrected chi connectivity index (χ0v) is 13.7. The first kappa shape index (κ1) is 16.1. The zero-order chi connectivity index (χ0) is 16.9. The minimum absolute atomic E-state index is 0.289. The third kappa shape index (κ3) is 3.97. The maximum atomic E-state index is 12.3. The van der Waals surface area contributed by atoms with Gasteiger partial charge < -0.3 is 10.3 Å². The molecule has 1 heterocycles. The van der Waals surface area contributed by atoms with Crippen LogP contribution in [0, 0.1) is 0 Å². The van der Waals surface area contributed by atoms with E-state index < -0.39 is 16.7 Å². The summed E-state index contributed by atoms with van der Waals surface area (Å²) in [6.45, 7) is 0. The maximum Gasteiger partial charge on any atom is 0.248 e. The number of benzene rings is 2. The van der Waals surface area contributed by atoms with E-state index in [1.165, 1.54) is 0 Å². The highest BCUT2D eigenvalue weighted by molar-refractivity contribution is 7.83. The summed E-state index contributed by atoms with van der Waals surface area (Å²) in [6.07, 6.45) is 0. The Morgan fingerprint density at radius 3 is 2.58 bits per heavy atom. The Hall–Kier alpha value is -2.73. The molecule has 1 aromatic heterocycles. The monoisotopic (exact) mass is 340 g/mol. The molecule has 0 spiro atoms. The van der Waals surface area contributed by atoms with Crippen molar-refractivity contribution in [1.29, 1.82) is 0 Å². The van der Waals surface area contributed by atoms with Crippen molar-refractivity contribution in [3.05, 3.63) is 77.5 Å². The summed E-state index contributed by atoms with van der Waals surface area (Å²) in [4.78, 5) is 11.2. The van der Waals surface area contributed by atoms with E-state index in [4.69, 9.17) is 10.3 Å². The summed E-state index contributed by atoms with van der Waals surface area (Å²) < 4.78 is 17.6. The van der Waals surface area contributed by atoms with Gasteiger partial charge in [-0.3, -0.25) is 9.00 Å². The first-order valence-corrected chi connectivity index (χ1v) is 8.85. The Morgan fingerprint density at radius 1 is 1.04 bits per heavy atom. The van der Waals surface area contributed by atoms with Gasteiger partial charge in [-0.15, -0.1) is 0 Å². The molecule has 122 valence electrons. The zero-order valence-electron chi connectivity index (χ0n) is 12.8. The van der Waals surface area contributed by atoms with Gasteiger partial charge in [0.05, 0.1) is 11.4 Å². The van der Waals surface area contributed by atoms with Gasteiger partial charge in [0.2, 0.25) is 5.91 Å². The molecule has 0 aliphatic carbocycles. The van der Waals surface area contributed by atoms with Gasteiger partial charge in [-0.05, 0) is 17.7 Å². The number of hydrogen-bond acceptors (Lipinski definition) is 4. The second-order valence-corrected chi connectivity index (χ2v) is 6.80. The van der Waals surface area contributed by atoms with Gasteiger partial charge in [-0.25, -0.2) is 0 Å². The van der Waals surface area contributed by atoms with E-state index in [1.54, 1.807) is 24.3 Å². The standard InChI is InChI=1S/C18H16N2O3S/c19-18(21)15-8-4-5-13(9-15)11-24(22)12-16-10-17(23-20-16)14-6-2-1-3-7-14/h1-10H,11-12H2,(H2,19,21)/t24-/m0/s1. The molecule has 2 N–H and O–H groups in total. The molecule has 0 bridgehead atoms. The lowest BCUT2D eigenvalue weighted by atomic mass is 10.1. The average molecular weight is 340 g/mol. The first-order chi connectivity index (χ1) is 11.6. The van der Waals surface area contributed by atoms with Crippen LogP contribution in [-0.2, 0) is 22.3 Å². The van der Waals surface area contributed by atoms with Crippen LogP contribution < -0.4 is 5.73 Å². The normalized spacial score (nSPS) is 12.0. The van der Waals surface area contributed by atoms with Crippen LogP contribution in [0.2, 0.25) is 0 Å². The molecular weight excluding hydrogens is 324 g/mol. The quantitative estimate of drug-likeness (QED) is 0.747. The predicted octanol–water partition coefficient (Wildman–Crippen LogP) is 2.89. The van der Waals surface area contributed by atoms with Crippen molar-refractivity contribution in [3.63, 3.8) is 0 Å². The highest BCUT2D eigenvalue weighted by atomic mass is 32.2. The predicted molar refractivity (Wildman–Crippen MR) is 92.4 cm³/mol. The first-order valence-electron chi connectivity index (χ1n) is 7.36. The number of rotatable bonds is 6. The molecule has 2 aromatic carbocycles. The summed E-state index contributed by atoms with van der Waals surface area (Å²) in [6, 6.07) is 18.3. The van der Waals surface area contributed by atoms with Crippen LogP contribution in [0.4, 0.5) is 0 Å². The van der Waals surface area contributed by atoms with E-state index in [-0.39, 0.29) is 5.75 Å². The van der Waals surface area contributed by atoms with Gasteiger partial charge in [-0.1, -0.05) is 47.6 Å². The minimum Gasteiger partial charge on any atom is -0.366 e. The van der Waals surface area contributed by atoms with Crippen LogP contribution >= 0.6 is 0 Å². The lowest BCUT2D eigenvalue weighted by Crippen LogP contribution is -2.11. The van der Waals surface area contributed by atoms with Crippen molar-refractivity contribution >= 4 is 16.7 Å². The number of carbonyl (C=O) groups is 1. The van der Waals surface area contributed by atoms with Crippen LogP contribution in [0.5, 0.6) is 0 Å². The molecule has 0 fully saturated rings. The second-order valence-electron chi connectivity index (χ2n) is 5.34.